The smallest absolute Gasteiger partial charge is 0.224 e. The van der Waals surface area contributed by atoms with Gasteiger partial charge in [0.25, 0.3) is 0 Å². The molecule has 3 heteroatoms. The Morgan fingerprint density at radius 1 is 0.957 bits per heavy atom. The van der Waals surface area contributed by atoms with Crippen molar-refractivity contribution in [3.63, 3.8) is 0 Å². The zero-order chi connectivity index (χ0) is 16.1. The van der Waals surface area contributed by atoms with Crippen LogP contribution in [0.25, 0.3) is 10.8 Å². The number of fused-ring (bicyclic) bond motifs is 1. The maximum Gasteiger partial charge on any atom is 0.224 e. The third kappa shape index (κ3) is 3.95. The molecule has 0 saturated carbocycles. The Kier molecular flexibility index (Phi) is 4.67. The van der Waals surface area contributed by atoms with Crippen molar-refractivity contribution in [1.82, 2.24) is 5.32 Å². The molecule has 0 heterocycles. The second-order valence-electron chi connectivity index (χ2n) is 5.54. The van der Waals surface area contributed by atoms with Gasteiger partial charge in [-0.1, -0.05) is 54.6 Å². The highest BCUT2D eigenvalue weighted by Gasteiger charge is 2.06. The van der Waals surface area contributed by atoms with Gasteiger partial charge in [0.05, 0.1) is 6.42 Å². The van der Waals surface area contributed by atoms with E-state index in [4.69, 9.17) is 0 Å². The van der Waals surface area contributed by atoms with E-state index in [1.807, 2.05) is 48.5 Å². The summed E-state index contributed by atoms with van der Waals surface area (Å²) in [6.07, 6.45) is 0.976. The molecule has 116 valence electrons. The molecule has 0 unspecified atom stereocenters. The average Bonchev–Trinajstić information content (AvgIpc) is 2.55. The molecule has 0 aliphatic heterocycles. The predicted octanol–water partition coefficient (Wildman–Crippen LogP) is 3.88. The number of carbonyl (C=O) groups is 1. The van der Waals surface area contributed by atoms with Gasteiger partial charge in [0.15, 0.2) is 0 Å². The Bertz CT molecular complexity index is 823. The third-order valence-electron chi connectivity index (χ3n) is 3.86. The van der Waals surface area contributed by atoms with E-state index in [1.165, 1.54) is 12.1 Å². The number of carbonyl (C=O) groups excluding carboxylic acids is 1. The molecule has 0 atom stereocenters. The maximum atomic E-state index is 13.1. The number of halogens is 1. The standard InChI is InChI=1S/C20H18FNO/c21-18-9-3-5-15(13-18)11-12-22-20(23)14-17-8-4-7-16-6-1-2-10-19(16)17/h1-10,13H,11-12,14H2,(H,22,23). The van der Waals surface area contributed by atoms with Crippen LogP contribution in [0.5, 0.6) is 0 Å². The first-order valence-electron chi connectivity index (χ1n) is 7.70. The van der Waals surface area contributed by atoms with Gasteiger partial charge < -0.3 is 5.32 Å². The Hall–Kier alpha value is -2.68. The molecule has 2 nitrogen and oxygen atoms in total. The molecule has 0 aromatic heterocycles. The number of benzene rings is 3. The molecule has 3 aromatic rings. The summed E-state index contributed by atoms with van der Waals surface area (Å²) in [5, 5.41) is 5.15. The third-order valence-corrected chi connectivity index (χ3v) is 3.86. The summed E-state index contributed by atoms with van der Waals surface area (Å²) < 4.78 is 13.1. The SMILES string of the molecule is O=C(Cc1cccc2ccccc12)NCCc1cccc(F)c1. The van der Waals surface area contributed by atoms with Gasteiger partial charge >= 0.3 is 0 Å². The van der Waals surface area contributed by atoms with Crippen LogP contribution in [0, 0.1) is 5.82 Å². The van der Waals surface area contributed by atoms with Gasteiger partial charge in [-0.2, -0.15) is 0 Å². The van der Waals surface area contributed by atoms with Gasteiger partial charge in [0, 0.05) is 6.54 Å². The summed E-state index contributed by atoms with van der Waals surface area (Å²) in [6, 6.07) is 20.5. The monoisotopic (exact) mass is 307 g/mol. The molecule has 0 fully saturated rings. The average molecular weight is 307 g/mol. The largest absolute Gasteiger partial charge is 0.355 e. The molecule has 23 heavy (non-hydrogen) atoms. The lowest BCUT2D eigenvalue weighted by molar-refractivity contribution is -0.120. The molecule has 0 aliphatic carbocycles. The summed E-state index contributed by atoms with van der Waals surface area (Å²) in [7, 11) is 0. The van der Waals surface area contributed by atoms with Crippen LogP contribution in [-0.4, -0.2) is 12.5 Å². The summed E-state index contributed by atoms with van der Waals surface area (Å²) >= 11 is 0. The van der Waals surface area contributed by atoms with Gasteiger partial charge in [-0.3, -0.25) is 4.79 Å². The lowest BCUT2D eigenvalue weighted by atomic mass is 10.0. The van der Waals surface area contributed by atoms with Crippen molar-refractivity contribution in [2.45, 2.75) is 12.8 Å². The fourth-order valence-electron chi connectivity index (χ4n) is 2.72. The zero-order valence-corrected chi connectivity index (χ0v) is 12.8. The number of rotatable bonds is 5. The molecular weight excluding hydrogens is 289 g/mol. The van der Waals surface area contributed by atoms with Crippen molar-refractivity contribution in [3.8, 4) is 0 Å². The van der Waals surface area contributed by atoms with Crippen LogP contribution in [0.1, 0.15) is 11.1 Å². The molecule has 0 spiro atoms. The quantitative estimate of drug-likeness (QED) is 0.761. The second-order valence-corrected chi connectivity index (χ2v) is 5.54. The number of hydrogen-bond donors (Lipinski definition) is 1. The molecule has 1 amide bonds. The number of nitrogens with one attached hydrogen (secondary N) is 1. The molecular formula is C20H18FNO. The highest BCUT2D eigenvalue weighted by molar-refractivity contribution is 5.90. The maximum absolute atomic E-state index is 13.1. The fraction of sp³-hybridized carbons (Fsp3) is 0.150. The van der Waals surface area contributed by atoms with Crippen LogP contribution in [-0.2, 0) is 17.6 Å². The van der Waals surface area contributed by atoms with Crippen LogP contribution < -0.4 is 5.32 Å². The Balaban J connectivity index is 1.59. The Labute approximate surface area is 135 Å². The number of hydrogen-bond acceptors (Lipinski definition) is 1. The second kappa shape index (κ2) is 7.05. The summed E-state index contributed by atoms with van der Waals surface area (Å²) in [5.74, 6) is -0.262. The van der Waals surface area contributed by atoms with Crippen molar-refractivity contribution in [2.24, 2.45) is 0 Å². The normalized spacial score (nSPS) is 10.7. The molecule has 0 aliphatic rings. The van der Waals surface area contributed by atoms with Gasteiger partial charge in [0.1, 0.15) is 5.82 Å². The van der Waals surface area contributed by atoms with Crippen LogP contribution in [0.3, 0.4) is 0 Å². The van der Waals surface area contributed by atoms with Gasteiger partial charge in [-0.05, 0) is 40.5 Å². The van der Waals surface area contributed by atoms with E-state index >= 15 is 0 Å². The minimum Gasteiger partial charge on any atom is -0.355 e. The summed E-state index contributed by atoms with van der Waals surface area (Å²) in [4.78, 5) is 12.1. The van der Waals surface area contributed by atoms with Crippen molar-refractivity contribution in [2.75, 3.05) is 6.54 Å². The summed E-state index contributed by atoms with van der Waals surface area (Å²) in [5.41, 5.74) is 1.90. The fourth-order valence-corrected chi connectivity index (χ4v) is 2.72. The lowest BCUT2D eigenvalue weighted by Gasteiger charge is -2.08. The minimum absolute atomic E-state index is 0.0160. The molecule has 3 rings (SSSR count). The van der Waals surface area contributed by atoms with E-state index in [0.717, 1.165) is 21.9 Å². The van der Waals surface area contributed by atoms with E-state index in [1.54, 1.807) is 6.07 Å². The highest BCUT2D eigenvalue weighted by Crippen LogP contribution is 2.18. The van der Waals surface area contributed by atoms with E-state index in [0.29, 0.717) is 19.4 Å². The van der Waals surface area contributed by atoms with Crippen LogP contribution in [0.15, 0.2) is 66.7 Å². The first-order valence-corrected chi connectivity index (χ1v) is 7.70. The molecule has 0 saturated heterocycles. The van der Waals surface area contributed by atoms with Crippen molar-refractivity contribution in [3.05, 3.63) is 83.7 Å². The van der Waals surface area contributed by atoms with Crippen molar-refractivity contribution >= 4 is 16.7 Å². The van der Waals surface area contributed by atoms with Gasteiger partial charge in [-0.25, -0.2) is 4.39 Å². The van der Waals surface area contributed by atoms with Crippen LogP contribution in [0.2, 0.25) is 0 Å². The van der Waals surface area contributed by atoms with Crippen molar-refractivity contribution < 1.29 is 9.18 Å². The minimum atomic E-state index is -0.246. The van der Waals surface area contributed by atoms with E-state index < -0.39 is 0 Å². The molecule has 1 N–H and O–H groups in total. The van der Waals surface area contributed by atoms with E-state index in [2.05, 4.69) is 5.32 Å². The zero-order valence-electron chi connectivity index (χ0n) is 12.8. The first-order chi connectivity index (χ1) is 11.2. The Morgan fingerprint density at radius 3 is 2.61 bits per heavy atom. The van der Waals surface area contributed by atoms with Gasteiger partial charge in [0.2, 0.25) is 5.91 Å². The molecule has 0 bridgehead atoms. The lowest BCUT2D eigenvalue weighted by Crippen LogP contribution is -2.27. The van der Waals surface area contributed by atoms with Crippen molar-refractivity contribution in [1.29, 1.82) is 0 Å². The molecule has 3 aromatic carbocycles. The summed E-state index contributed by atoms with van der Waals surface area (Å²) in [6.45, 7) is 0.507. The molecule has 0 radical (unpaired) electrons. The highest BCUT2D eigenvalue weighted by atomic mass is 19.1. The van der Waals surface area contributed by atoms with E-state index in [-0.39, 0.29) is 11.7 Å². The van der Waals surface area contributed by atoms with Crippen LogP contribution >= 0.6 is 0 Å². The number of amides is 1. The predicted molar refractivity (Wildman–Crippen MR) is 90.8 cm³/mol. The van der Waals surface area contributed by atoms with E-state index in [9.17, 15) is 9.18 Å². The van der Waals surface area contributed by atoms with Crippen LogP contribution in [0.4, 0.5) is 4.39 Å². The first kappa shape index (κ1) is 15.2. The Morgan fingerprint density at radius 2 is 1.74 bits per heavy atom. The van der Waals surface area contributed by atoms with Gasteiger partial charge in [-0.15, -0.1) is 0 Å². The topological polar surface area (TPSA) is 29.1 Å².